The number of ether oxygens (including phenoxy) is 1. The van der Waals surface area contributed by atoms with Gasteiger partial charge in [0.1, 0.15) is 5.75 Å². The van der Waals surface area contributed by atoms with Crippen molar-refractivity contribution >= 4 is 29.3 Å². The quantitative estimate of drug-likeness (QED) is 0.747. The van der Waals surface area contributed by atoms with Crippen LogP contribution in [0.1, 0.15) is 25.3 Å². The van der Waals surface area contributed by atoms with Gasteiger partial charge in [0.05, 0.1) is 7.11 Å². The number of hydrogen-bond acceptors (Lipinski definition) is 3. The van der Waals surface area contributed by atoms with E-state index in [1.54, 1.807) is 37.5 Å². The van der Waals surface area contributed by atoms with Gasteiger partial charge in [-0.2, -0.15) is 0 Å². The topological polar surface area (TPSA) is 67.4 Å². The van der Waals surface area contributed by atoms with E-state index in [0.29, 0.717) is 17.8 Å². The van der Waals surface area contributed by atoms with Gasteiger partial charge in [0.2, 0.25) is 11.8 Å². The van der Waals surface area contributed by atoms with Crippen molar-refractivity contribution < 1.29 is 14.3 Å². The maximum atomic E-state index is 12.0. The van der Waals surface area contributed by atoms with E-state index < -0.39 is 0 Å². The summed E-state index contributed by atoms with van der Waals surface area (Å²) in [4.78, 5) is 23.7. The third kappa shape index (κ3) is 6.14. The molecule has 2 N–H and O–H groups in total. The molecule has 25 heavy (non-hydrogen) atoms. The van der Waals surface area contributed by atoms with Crippen LogP contribution in [0.15, 0.2) is 54.6 Å². The number of hydrogen-bond donors (Lipinski definition) is 2. The fourth-order valence-electron chi connectivity index (χ4n) is 2.20. The highest BCUT2D eigenvalue weighted by Crippen LogP contribution is 2.16. The molecule has 0 aliphatic carbocycles. The number of benzene rings is 2. The molecule has 0 bridgehead atoms. The van der Waals surface area contributed by atoms with Gasteiger partial charge in [0, 0.05) is 23.9 Å². The average molecular weight is 338 g/mol. The molecular formula is C20H22N2O3. The monoisotopic (exact) mass is 338 g/mol. The molecule has 0 spiro atoms. The van der Waals surface area contributed by atoms with Crippen molar-refractivity contribution in [3.63, 3.8) is 0 Å². The minimum absolute atomic E-state index is 0.0367. The predicted octanol–water partition coefficient (Wildman–Crippen LogP) is 4.09. The maximum absolute atomic E-state index is 12.0. The highest BCUT2D eigenvalue weighted by Gasteiger charge is 2.03. The Labute approximate surface area is 147 Å². The van der Waals surface area contributed by atoms with E-state index in [0.717, 1.165) is 17.7 Å². The molecule has 0 unspecified atom stereocenters. The Hall–Kier alpha value is -3.08. The fourth-order valence-corrected chi connectivity index (χ4v) is 2.20. The molecule has 2 rings (SSSR count). The van der Waals surface area contributed by atoms with E-state index in [1.165, 1.54) is 6.08 Å². The lowest BCUT2D eigenvalue weighted by Crippen LogP contribution is -2.11. The summed E-state index contributed by atoms with van der Waals surface area (Å²) in [7, 11) is 1.61. The minimum Gasteiger partial charge on any atom is -0.497 e. The molecule has 0 heterocycles. The first-order valence-electron chi connectivity index (χ1n) is 8.13. The largest absolute Gasteiger partial charge is 0.497 e. The average Bonchev–Trinajstić information content (AvgIpc) is 2.61. The molecule has 5 nitrogen and oxygen atoms in total. The van der Waals surface area contributed by atoms with Gasteiger partial charge >= 0.3 is 0 Å². The third-order valence-corrected chi connectivity index (χ3v) is 3.43. The van der Waals surface area contributed by atoms with Gasteiger partial charge in [-0.3, -0.25) is 9.59 Å². The zero-order chi connectivity index (χ0) is 18.1. The lowest BCUT2D eigenvalue weighted by molar-refractivity contribution is -0.116. The second-order valence-electron chi connectivity index (χ2n) is 5.47. The van der Waals surface area contributed by atoms with Gasteiger partial charge in [0.15, 0.2) is 0 Å². The molecule has 0 atom stereocenters. The lowest BCUT2D eigenvalue weighted by Gasteiger charge is -2.07. The summed E-state index contributed by atoms with van der Waals surface area (Å²) >= 11 is 0. The van der Waals surface area contributed by atoms with Crippen molar-refractivity contribution in [2.45, 2.75) is 19.8 Å². The fraction of sp³-hybridized carbons (Fsp3) is 0.200. The number of nitrogens with one attached hydrogen (secondary N) is 2. The smallest absolute Gasteiger partial charge is 0.248 e. The zero-order valence-corrected chi connectivity index (χ0v) is 14.4. The summed E-state index contributed by atoms with van der Waals surface area (Å²) in [5, 5.41) is 5.58. The second kappa shape index (κ2) is 9.27. The Balaban J connectivity index is 1.95. The Morgan fingerprint density at radius 1 is 1.04 bits per heavy atom. The molecule has 0 radical (unpaired) electrons. The van der Waals surface area contributed by atoms with E-state index in [9.17, 15) is 9.59 Å². The SMILES string of the molecule is CCCC(=O)Nc1cccc(NC(=O)/C=C/c2ccc(OC)cc2)c1. The first-order chi connectivity index (χ1) is 12.1. The van der Waals surface area contributed by atoms with E-state index in [1.807, 2.05) is 31.2 Å². The molecule has 0 saturated heterocycles. The van der Waals surface area contributed by atoms with Crippen LogP contribution in [0.25, 0.3) is 6.08 Å². The van der Waals surface area contributed by atoms with Crippen molar-refractivity contribution in [1.82, 2.24) is 0 Å². The summed E-state index contributed by atoms with van der Waals surface area (Å²) in [6.07, 6.45) is 4.45. The van der Waals surface area contributed by atoms with Crippen LogP contribution < -0.4 is 15.4 Å². The highest BCUT2D eigenvalue weighted by atomic mass is 16.5. The number of methoxy groups -OCH3 is 1. The minimum atomic E-state index is -0.243. The van der Waals surface area contributed by atoms with Gasteiger partial charge in [-0.15, -0.1) is 0 Å². The summed E-state index contributed by atoms with van der Waals surface area (Å²) < 4.78 is 5.09. The summed E-state index contributed by atoms with van der Waals surface area (Å²) in [5.41, 5.74) is 2.19. The molecule has 2 amide bonds. The van der Waals surface area contributed by atoms with Crippen LogP contribution in [-0.2, 0) is 9.59 Å². The van der Waals surface area contributed by atoms with Crippen LogP contribution in [0.5, 0.6) is 5.75 Å². The number of carbonyl (C=O) groups is 2. The molecule has 0 saturated carbocycles. The standard InChI is InChI=1S/C20H22N2O3/c1-3-5-19(23)21-16-6-4-7-17(14-16)22-20(24)13-10-15-8-11-18(25-2)12-9-15/h4,6-14H,3,5H2,1-2H3,(H,21,23)(H,22,24)/b13-10+. The predicted molar refractivity (Wildman–Crippen MR) is 101 cm³/mol. The van der Waals surface area contributed by atoms with Gasteiger partial charge in [-0.1, -0.05) is 25.1 Å². The summed E-state index contributed by atoms with van der Waals surface area (Å²) in [6, 6.07) is 14.5. The van der Waals surface area contributed by atoms with Crippen LogP contribution in [0, 0.1) is 0 Å². The van der Waals surface area contributed by atoms with Crippen molar-refractivity contribution in [2.24, 2.45) is 0 Å². The lowest BCUT2D eigenvalue weighted by atomic mass is 10.2. The number of carbonyl (C=O) groups excluding carboxylic acids is 2. The molecular weight excluding hydrogens is 316 g/mol. The molecule has 5 heteroatoms. The number of anilines is 2. The Bertz CT molecular complexity index is 752. The van der Waals surface area contributed by atoms with Crippen LogP contribution in [0.4, 0.5) is 11.4 Å². The van der Waals surface area contributed by atoms with Crippen molar-refractivity contribution in [3.05, 3.63) is 60.2 Å². The highest BCUT2D eigenvalue weighted by molar-refractivity contribution is 6.02. The molecule has 2 aromatic carbocycles. The second-order valence-corrected chi connectivity index (χ2v) is 5.47. The molecule has 2 aromatic rings. The van der Waals surface area contributed by atoms with Gasteiger partial charge in [0.25, 0.3) is 0 Å². The van der Waals surface area contributed by atoms with Crippen LogP contribution in [-0.4, -0.2) is 18.9 Å². The van der Waals surface area contributed by atoms with E-state index in [2.05, 4.69) is 10.6 Å². The maximum Gasteiger partial charge on any atom is 0.248 e. The number of rotatable bonds is 7. The van der Waals surface area contributed by atoms with Crippen molar-refractivity contribution in [1.29, 1.82) is 0 Å². The van der Waals surface area contributed by atoms with Crippen LogP contribution >= 0.6 is 0 Å². The normalized spacial score (nSPS) is 10.5. The first-order valence-corrected chi connectivity index (χ1v) is 8.13. The van der Waals surface area contributed by atoms with Gasteiger partial charge in [-0.25, -0.2) is 0 Å². The third-order valence-electron chi connectivity index (χ3n) is 3.43. The molecule has 0 fully saturated rings. The molecule has 0 aliphatic rings. The number of amides is 2. The molecule has 130 valence electrons. The summed E-state index contributed by atoms with van der Waals surface area (Å²) in [6.45, 7) is 1.95. The van der Waals surface area contributed by atoms with E-state index in [-0.39, 0.29) is 11.8 Å². The van der Waals surface area contributed by atoms with Crippen molar-refractivity contribution in [3.8, 4) is 5.75 Å². The zero-order valence-electron chi connectivity index (χ0n) is 14.4. The van der Waals surface area contributed by atoms with E-state index in [4.69, 9.17) is 4.74 Å². The van der Waals surface area contributed by atoms with E-state index >= 15 is 0 Å². The molecule has 0 aromatic heterocycles. The summed E-state index contributed by atoms with van der Waals surface area (Å²) in [5.74, 6) is 0.488. The molecule has 0 aliphatic heterocycles. The Kier molecular flexibility index (Phi) is 6.77. The first kappa shape index (κ1) is 18.3. The van der Waals surface area contributed by atoms with Crippen molar-refractivity contribution in [2.75, 3.05) is 17.7 Å². The Morgan fingerprint density at radius 2 is 1.72 bits per heavy atom. The van der Waals surface area contributed by atoms with Gasteiger partial charge < -0.3 is 15.4 Å². The van der Waals surface area contributed by atoms with Crippen LogP contribution in [0.2, 0.25) is 0 Å². The van der Waals surface area contributed by atoms with Crippen LogP contribution in [0.3, 0.4) is 0 Å². The van der Waals surface area contributed by atoms with Gasteiger partial charge in [-0.05, 0) is 48.4 Å². The Morgan fingerprint density at radius 3 is 2.36 bits per heavy atom.